The average Bonchev–Trinajstić information content (AvgIpc) is 3.03. The Morgan fingerprint density at radius 3 is 1.55 bits per heavy atom. The summed E-state index contributed by atoms with van der Waals surface area (Å²) < 4.78 is 39.4. The molecule has 2 aromatic carbocycles. The van der Waals surface area contributed by atoms with Crippen molar-refractivity contribution >= 4 is 48.4 Å². The van der Waals surface area contributed by atoms with Crippen molar-refractivity contribution in [2.75, 3.05) is 0 Å². The summed E-state index contributed by atoms with van der Waals surface area (Å²) in [4.78, 5) is 0. The van der Waals surface area contributed by atoms with Gasteiger partial charge in [-0.3, -0.25) is 0 Å². The Kier molecular flexibility index (Phi) is 6.05. The summed E-state index contributed by atoms with van der Waals surface area (Å²) in [7, 11) is -1.46. The quantitative estimate of drug-likeness (QED) is 0.538. The number of halogens is 3. The summed E-state index contributed by atoms with van der Waals surface area (Å²) in [6, 6.07) is 8.19. The summed E-state index contributed by atoms with van der Waals surface area (Å²) >= 11 is 13.6. The summed E-state index contributed by atoms with van der Waals surface area (Å²) in [6.07, 6.45) is 0. The molecule has 2 aromatic rings. The van der Waals surface area contributed by atoms with Gasteiger partial charge in [-0.05, 0) is 67.5 Å². The molecule has 0 aliphatic carbocycles. The molecular weight excluding hydrogens is 464 g/mol. The molecule has 9 heteroatoms. The van der Waals surface area contributed by atoms with Crippen molar-refractivity contribution in [2.45, 2.75) is 77.8 Å². The third-order valence-electron chi connectivity index (χ3n) is 7.40. The van der Waals surface area contributed by atoms with E-state index in [9.17, 15) is 4.39 Å². The average molecular weight is 493 g/mol. The summed E-state index contributed by atoms with van der Waals surface area (Å²) in [5.41, 5.74) is -0.0954. The molecule has 4 rings (SSSR count). The highest BCUT2D eigenvalue weighted by molar-refractivity contribution is 6.67. The lowest BCUT2D eigenvalue weighted by Crippen LogP contribution is -2.41. The highest BCUT2D eigenvalue weighted by atomic mass is 35.5. The van der Waals surface area contributed by atoms with Crippen LogP contribution in [0.2, 0.25) is 10.0 Å². The lowest BCUT2D eigenvalue weighted by molar-refractivity contribution is 0.00578. The van der Waals surface area contributed by atoms with Gasteiger partial charge in [0.25, 0.3) is 0 Å². The fraction of sp³-hybridized carbons (Fsp3) is 0.500. The van der Waals surface area contributed by atoms with Crippen LogP contribution in [0.25, 0.3) is 11.1 Å². The van der Waals surface area contributed by atoms with Crippen molar-refractivity contribution in [3.05, 3.63) is 46.2 Å². The lowest BCUT2D eigenvalue weighted by atomic mass is 9.75. The molecule has 2 aliphatic heterocycles. The molecule has 4 nitrogen and oxygen atoms in total. The molecule has 2 saturated heterocycles. The maximum absolute atomic E-state index is 14.8. The molecule has 2 aliphatic rings. The molecule has 0 amide bonds. The third-order valence-corrected chi connectivity index (χ3v) is 8.24. The highest BCUT2D eigenvalue weighted by Crippen LogP contribution is 2.40. The van der Waals surface area contributed by atoms with E-state index in [1.54, 1.807) is 6.07 Å². The minimum Gasteiger partial charge on any atom is -0.399 e. The first-order valence-electron chi connectivity index (χ1n) is 11.1. The standard InChI is InChI=1S/C24H29B2Cl2FO4/c1-21(2)22(3,4)31-25(30-21)17-11-9-10-15(19(17)27)16-12-14(29)13-18(20(16)28)26-32-23(5,6)24(7,8)33-26/h9-13H,1-8H3. The normalized spacial score (nSPS) is 22.8. The molecule has 0 aromatic heterocycles. The Bertz CT molecular complexity index is 1070. The fourth-order valence-corrected chi connectivity index (χ4v) is 4.47. The monoisotopic (exact) mass is 492 g/mol. The van der Waals surface area contributed by atoms with Crippen LogP contribution >= 0.6 is 23.2 Å². The minimum absolute atomic E-state index is 0.322. The molecule has 0 bridgehead atoms. The van der Waals surface area contributed by atoms with E-state index in [0.717, 1.165) is 0 Å². The van der Waals surface area contributed by atoms with Crippen molar-refractivity contribution in [2.24, 2.45) is 0 Å². The zero-order chi connectivity index (χ0) is 24.6. The predicted octanol–water partition coefficient (Wildman–Crippen LogP) is 5.40. The number of benzene rings is 2. The zero-order valence-corrected chi connectivity index (χ0v) is 21.8. The van der Waals surface area contributed by atoms with Gasteiger partial charge in [-0.1, -0.05) is 41.4 Å². The van der Waals surface area contributed by atoms with Gasteiger partial charge in [0.15, 0.2) is 0 Å². The molecular formula is C24H29B2Cl2FO4. The first-order valence-corrected chi connectivity index (χ1v) is 11.8. The van der Waals surface area contributed by atoms with Crippen molar-refractivity contribution in [1.29, 1.82) is 0 Å². The maximum atomic E-state index is 14.8. The van der Waals surface area contributed by atoms with Gasteiger partial charge >= 0.3 is 14.2 Å². The molecule has 2 heterocycles. The van der Waals surface area contributed by atoms with Gasteiger partial charge in [-0.15, -0.1) is 0 Å². The van der Waals surface area contributed by atoms with Crippen LogP contribution < -0.4 is 10.9 Å². The van der Waals surface area contributed by atoms with E-state index >= 15 is 0 Å². The van der Waals surface area contributed by atoms with Crippen molar-refractivity contribution in [1.82, 2.24) is 0 Å². The number of rotatable bonds is 3. The van der Waals surface area contributed by atoms with Crippen molar-refractivity contribution in [3.63, 3.8) is 0 Å². The van der Waals surface area contributed by atoms with E-state index in [4.69, 9.17) is 41.8 Å². The Morgan fingerprint density at radius 2 is 1.06 bits per heavy atom. The first kappa shape index (κ1) is 25.0. The number of hydrogen-bond acceptors (Lipinski definition) is 4. The second-order valence-corrected chi connectivity index (χ2v) is 11.5. The van der Waals surface area contributed by atoms with E-state index < -0.39 is 42.5 Å². The van der Waals surface area contributed by atoms with Crippen LogP contribution in [-0.4, -0.2) is 36.6 Å². The van der Waals surface area contributed by atoms with Crippen LogP contribution in [0, 0.1) is 5.82 Å². The molecule has 0 spiro atoms. The highest BCUT2D eigenvalue weighted by Gasteiger charge is 2.53. The largest absolute Gasteiger partial charge is 0.496 e. The second kappa shape index (κ2) is 7.97. The molecule has 176 valence electrons. The molecule has 2 fully saturated rings. The first-order chi connectivity index (χ1) is 15.1. The van der Waals surface area contributed by atoms with Crippen LogP contribution in [0.3, 0.4) is 0 Å². The molecule has 0 N–H and O–H groups in total. The fourth-order valence-electron chi connectivity index (χ4n) is 3.86. The molecule has 0 unspecified atom stereocenters. The van der Waals surface area contributed by atoms with Gasteiger partial charge in [-0.2, -0.15) is 0 Å². The lowest BCUT2D eigenvalue weighted by Gasteiger charge is -2.32. The Labute approximate surface area is 206 Å². The zero-order valence-electron chi connectivity index (χ0n) is 20.3. The smallest absolute Gasteiger partial charge is 0.399 e. The van der Waals surface area contributed by atoms with E-state index in [-0.39, 0.29) is 0 Å². The molecule has 0 saturated carbocycles. The van der Waals surface area contributed by atoms with Crippen molar-refractivity contribution < 1.29 is 23.0 Å². The minimum atomic E-state index is -0.804. The van der Waals surface area contributed by atoms with Gasteiger partial charge in [0, 0.05) is 32.1 Å². The third kappa shape index (κ3) is 4.15. The summed E-state index contributed by atoms with van der Waals surface area (Å²) in [6.45, 7) is 15.7. The van der Waals surface area contributed by atoms with Gasteiger partial charge < -0.3 is 18.6 Å². The van der Waals surface area contributed by atoms with Crippen LogP contribution in [0.15, 0.2) is 30.3 Å². The molecule has 0 radical (unpaired) electrons. The topological polar surface area (TPSA) is 36.9 Å². The number of hydrogen-bond donors (Lipinski definition) is 0. The van der Waals surface area contributed by atoms with E-state index in [1.165, 1.54) is 12.1 Å². The van der Waals surface area contributed by atoms with Crippen LogP contribution in [0.1, 0.15) is 55.4 Å². The molecule has 0 atom stereocenters. The van der Waals surface area contributed by atoms with E-state index in [2.05, 4.69) is 0 Å². The predicted molar refractivity (Wildman–Crippen MR) is 133 cm³/mol. The summed E-state index contributed by atoms with van der Waals surface area (Å²) in [5.74, 6) is -0.462. The van der Waals surface area contributed by atoms with Crippen LogP contribution in [-0.2, 0) is 18.6 Å². The Hall–Kier alpha value is -1.08. The van der Waals surface area contributed by atoms with Gasteiger partial charge in [0.05, 0.1) is 22.4 Å². The Balaban J connectivity index is 1.77. The van der Waals surface area contributed by atoms with Gasteiger partial charge in [0.2, 0.25) is 0 Å². The second-order valence-electron chi connectivity index (χ2n) is 10.7. The van der Waals surface area contributed by atoms with E-state index in [0.29, 0.717) is 32.1 Å². The van der Waals surface area contributed by atoms with Gasteiger partial charge in [0.1, 0.15) is 5.82 Å². The van der Waals surface area contributed by atoms with Crippen molar-refractivity contribution in [3.8, 4) is 11.1 Å². The van der Waals surface area contributed by atoms with Crippen LogP contribution in [0.4, 0.5) is 4.39 Å². The Morgan fingerprint density at radius 1 is 0.636 bits per heavy atom. The SMILES string of the molecule is CC1(C)OB(c2cccc(-c3cc(F)cc(B4OC(C)(C)C(C)(C)O4)c3Cl)c2Cl)OC1(C)C. The van der Waals surface area contributed by atoms with E-state index in [1.807, 2.05) is 67.5 Å². The summed E-state index contributed by atoms with van der Waals surface area (Å²) in [5, 5.41) is 0.714. The maximum Gasteiger partial charge on any atom is 0.496 e. The van der Waals surface area contributed by atoms with Gasteiger partial charge in [-0.25, -0.2) is 4.39 Å². The molecule has 33 heavy (non-hydrogen) atoms. The van der Waals surface area contributed by atoms with Crippen LogP contribution in [0.5, 0.6) is 0 Å².